The predicted molar refractivity (Wildman–Crippen MR) is 72.9 cm³/mol. The van der Waals surface area contributed by atoms with Crippen LogP contribution in [-0.2, 0) is 0 Å². The second kappa shape index (κ2) is 6.02. The van der Waals surface area contributed by atoms with E-state index in [2.05, 4.69) is 15.5 Å². The fourth-order valence-electron chi connectivity index (χ4n) is 1.37. The van der Waals surface area contributed by atoms with Crippen molar-refractivity contribution in [2.24, 2.45) is 5.10 Å². The van der Waals surface area contributed by atoms with Crippen molar-refractivity contribution < 1.29 is 9.47 Å². The van der Waals surface area contributed by atoms with Crippen molar-refractivity contribution >= 4 is 22.7 Å². The molecule has 0 saturated carbocycles. The normalized spacial score (nSPS) is 10.6. The fourth-order valence-corrected chi connectivity index (χ4v) is 1.85. The number of hydrogen-bond donors (Lipinski definition) is 1. The lowest BCUT2D eigenvalue weighted by Gasteiger charge is -2.07. The smallest absolute Gasteiger partial charge is 0.203 e. The van der Waals surface area contributed by atoms with E-state index >= 15 is 0 Å². The Bertz CT molecular complexity index is 526. The largest absolute Gasteiger partial charge is 0.493 e. The fraction of sp³-hybridized carbons (Fsp3) is 0.167. The number of benzene rings is 1. The maximum Gasteiger partial charge on any atom is 0.203 e. The summed E-state index contributed by atoms with van der Waals surface area (Å²) in [5.74, 6) is 1.37. The Morgan fingerprint density at radius 2 is 2.11 bits per heavy atom. The highest BCUT2D eigenvalue weighted by Gasteiger charge is 2.02. The van der Waals surface area contributed by atoms with Crippen LogP contribution in [0.5, 0.6) is 11.5 Å². The van der Waals surface area contributed by atoms with E-state index in [1.807, 2.05) is 23.6 Å². The second-order valence-corrected chi connectivity index (χ2v) is 4.22. The van der Waals surface area contributed by atoms with Gasteiger partial charge in [0.25, 0.3) is 0 Å². The Balaban J connectivity index is 2.07. The van der Waals surface area contributed by atoms with Gasteiger partial charge in [-0.15, -0.1) is 11.3 Å². The molecular formula is C12H13N3O2S. The van der Waals surface area contributed by atoms with Gasteiger partial charge in [0.15, 0.2) is 11.5 Å². The molecule has 0 radical (unpaired) electrons. The van der Waals surface area contributed by atoms with Crippen molar-refractivity contribution in [2.75, 3.05) is 19.6 Å². The lowest BCUT2D eigenvalue weighted by Crippen LogP contribution is -1.93. The van der Waals surface area contributed by atoms with Gasteiger partial charge >= 0.3 is 0 Å². The molecule has 0 bridgehead atoms. The third-order valence-corrected chi connectivity index (χ3v) is 2.89. The topological polar surface area (TPSA) is 55.7 Å². The zero-order chi connectivity index (χ0) is 12.8. The second-order valence-electron chi connectivity index (χ2n) is 3.32. The average molecular weight is 263 g/mol. The highest BCUT2D eigenvalue weighted by atomic mass is 32.1. The summed E-state index contributed by atoms with van der Waals surface area (Å²) in [6, 6.07) is 5.59. The molecule has 1 heterocycles. The Morgan fingerprint density at radius 1 is 1.28 bits per heavy atom. The quantitative estimate of drug-likeness (QED) is 0.665. The third kappa shape index (κ3) is 2.98. The van der Waals surface area contributed by atoms with Crippen LogP contribution >= 0.6 is 11.3 Å². The van der Waals surface area contributed by atoms with Crippen LogP contribution in [0.3, 0.4) is 0 Å². The van der Waals surface area contributed by atoms with Crippen LogP contribution < -0.4 is 14.9 Å². The van der Waals surface area contributed by atoms with Crippen molar-refractivity contribution in [1.29, 1.82) is 0 Å². The Morgan fingerprint density at radius 3 is 2.78 bits per heavy atom. The molecule has 2 aromatic rings. The van der Waals surface area contributed by atoms with E-state index in [4.69, 9.17) is 9.47 Å². The number of nitrogens with one attached hydrogen (secondary N) is 1. The van der Waals surface area contributed by atoms with Crippen LogP contribution in [0, 0.1) is 0 Å². The molecule has 94 valence electrons. The number of thiazole rings is 1. The maximum atomic E-state index is 5.21. The summed E-state index contributed by atoms with van der Waals surface area (Å²) in [5.41, 5.74) is 3.76. The van der Waals surface area contributed by atoms with Gasteiger partial charge in [-0.3, -0.25) is 5.43 Å². The minimum atomic E-state index is 0.677. The number of anilines is 1. The summed E-state index contributed by atoms with van der Waals surface area (Å²) in [4.78, 5) is 4.06. The molecule has 1 aromatic carbocycles. The van der Waals surface area contributed by atoms with E-state index in [0.717, 1.165) is 10.7 Å². The number of aromatic nitrogens is 1. The molecule has 0 atom stereocenters. The molecule has 0 saturated heterocycles. The molecule has 18 heavy (non-hydrogen) atoms. The van der Waals surface area contributed by atoms with Gasteiger partial charge in [0.05, 0.1) is 20.4 Å². The van der Waals surface area contributed by atoms with Crippen molar-refractivity contribution in [3.05, 3.63) is 35.3 Å². The van der Waals surface area contributed by atoms with Gasteiger partial charge in [-0.1, -0.05) is 0 Å². The summed E-state index contributed by atoms with van der Waals surface area (Å²) < 4.78 is 10.4. The highest BCUT2D eigenvalue weighted by molar-refractivity contribution is 7.13. The van der Waals surface area contributed by atoms with Crippen molar-refractivity contribution in [3.8, 4) is 11.5 Å². The molecule has 1 N–H and O–H groups in total. The molecule has 0 unspecified atom stereocenters. The van der Waals surface area contributed by atoms with E-state index in [0.29, 0.717) is 11.5 Å². The number of ether oxygens (including phenoxy) is 2. The first kappa shape index (κ1) is 12.4. The van der Waals surface area contributed by atoms with Gasteiger partial charge in [-0.2, -0.15) is 5.10 Å². The zero-order valence-electron chi connectivity index (χ0n) is 10.1. The van der Waals surface area contributed by atoms with E-state index < -0.39 is 0 Å². The van der Waals surface area contributed by atoms with Gasteiger partial charge in [-0.05, 0) is 23.8 Å². The van der Waals surface area contributed by atoms with Gasteiger partial charge in [0.2, 0.25) is 5.13 Å². The summed E-state index contributed by atoms with van der Waals surface area (Å²) >= 11 is 1.49. The van der Waals surface area contributed by atoms with Crippen LogP contribution in [0.4, 0.5) is 5.13 Å². The highest BCUT2D eigenvalue weighted by Crippen LogP contribution is 2.26. The molecule has 0 aliphatic heterocycles. The third-order valence-electron chi connectivity index (χ3n) is 2.21. The first-order valence-electron chi connectivity index (χ1n) is 5.24. The van der Waals surface area contributed by atoms with E-state index in [1.165, 1.54) is 11.3 Å². The SMILES string of the molecule is COc1ccc(/C=N/Nc2nccs2)cc1OC. The van der Waals surface area contributed by atoms with Gasteiger partial charge in [-0.25, -0.2) is 4.98 Å². The van der Waals surface area contributed by atoms with Gasteiger partial charge < -0.3 is 9.47 Å². The minimum absolute atomic E-state index is 0.677. The molecule has 6 heteroatoms. The Kier molecular flexibility index (Phi) is 4.14. The Labute approximate surface area is 109 Å². The monoisotopic (exact) mass is 263 g/mol. The van der Waals surface area contributed by atoms with Crippen molar-refractivity contribution in [3.63, 3.8) is 0 Å². The van der Waals surface area contributed by atoms with Crippen LogP contribution in [0.25, 0.3) is 0 Å². The summed E-state index contributed by atoms with van der Waals surface area (Å²) in [5, 5.41) is 6.73. The van der Waals surface area contributed by atoms with E-state index in [-0.39, 0.29) is 0 Å². The molecule has 0 aliphatic rings. The first-order chi connectivity index (χ1) is 8.83. The number of hydrogen-bond acceptors (Lipinski definition) is 6. The molecule has 0 spiro atoms. The number of methoxy groups -OCH3 is 2. The molecule has 0 amide bonds. The molecule has 0 fully saturated rings. The van der Waals surface area contributed by atoms with Crippen LogP contribution in [-0.4, -0.2) is 25.4 Å². The summed E-state index contributed by atoms with van der Waals surface area (Å²) in [7, 11) is 3.21. The van der Waals surface area contributed by atoms with Crippen LogP contribution in [0.2, 0.25) is 0 Å². The van der Waals surface area contributed by atoms with E-state index in [1.54, 1.807) is 26.6 Å². The van der Waals surface area contributed by atoms with Crippen LogP contribution in [0.1, 0.15) is 5.56 Å². The Hall–Kier alpha value is -2.08. The maximum absolute atomic E-state index is 5.21. The standard InChI is InChI=1S/C12H13N3O2S/c1-16-10-4-3-9(7-11(10)17-2)8-14-15-12-13-5-6-18-12/h3-8H,1-2H3,(H,13,15)/b14-8+. The number of nitrogens with zero attached hydrogens (tertiary/aromatic N) is 2. The lowest BCUT2D eigenvalue weighted by atomic mass is 10.2. The van der Waals surface area contributed by atoms with Gasteiger partial charge in [0.1, 0.15) is 0 Å². The molecule has 1 aromatic heterocycles. The minimum Gasteiger partial charge on any atom is -0.493 e. The number of hydrazone groups is 1. The molecule has 2 rings (SSSR count). The molecular weight excluding hydrogens is 250 g/mol. The predicted octanol–water partition coefficient (Wildman–Crippen LogP) is 2.61. The number of rotatable bonds is 5. The summed E-state index contributed by atoms with van der Waals surface area (Å²) in [6.07, 6.45) is 3.42. The van der Waals surface area contributed by atoms with Gasteiger partial charge in [0, 0.05) is 11.6 Å². The first-order valence-corrected chi connectivity index (χ1v) is 6.12. The zero-order valence-corrected chi connectivity index (χ0v) is 10.9. The van der Waals surface area contributed by atoms with Crippen LogP contribution in [0.15, 0.2) is 34.9 Å². The lowest BCUT2D eigenvalue weighted by molar-refractivity contribution is 0.355. The van der Waals surface area contributed by atoms with E-state index in [9.17, 15) is 0 Å². The molecule has 5 nitrogen and oxygen atoms in total. The van der Waals surface area contributed by atoms with Crippen molar-refractivity contribution in [1.82, 2.24) is 4.98 Å². The molecule has 0 aliphatic carbocycles. The average Bonchev–Trinajstić information content (AvgIpc) is 2.91. The summed E-state index contributed by atoms with van der Waals surface area (Å²) in [6.45, 7) is 0. The van der Waals surface area contributed by atoms with Crippen molar-refractivity contribution in [2.45, 2.75) is 0 Å².